The van der Waals surface area contributed by atoms with Gasteiger partial charge in [-0.2, -0.15) is 5.10 Å². The third-order valence-electron chi connectivity index (χ3n) is 7.78. The Morgan fingerprint density at radius 3 is 2.26 bits per heavy atom. The van der Waals surface area contributed by atoms with E-state index in [2.05, 4.69) is 34.0 Å². The second-order valence-corrected chi connectivity index (χ2v) is 10.6. The van der Waals surface area contributed by atoms with Crippen LogP contribution in [0.15, 0.2) is 91.3 Å². The molecule has 0 bridgehead atoms. The number of H-pyrrole nitrogens is 1. The Labute approximate surface area is 228 Å². The van der Waals surface area contributed by atoms with Gasteiger partial charge in [-0.3, -0.25) is 9.59 Å². The average Bonchev–Trinajstić information content (AvgIpc) is 3.65. The first-order chi connectivity index (χ1) is 19.0. The minimum absolute atomic E-state index is 0.0620. The standard InChI is InChI=1S/C33H32N4O2/c1-23-14-17-36(18-15-23)28-11-7-26(8-12-28)32(38)21-25-6-13-31-27(19-25)22-35-37(31)29-9-4-24(5-10-29)20-33(39)30-3-2-16-34-30/h2-13,16,19,22-23,34H,14-15,17-18,20-21H2,1H3. The molecule has 5 aromatic rings. The molecule has 0 radical (unpaired) electrons. The third-order valence-corrected chi connectivity index (χ3v) is 7.78. The van der Waals surface area contributed by atoms with Crippen molar-refractivity contribution in [3.05, 3.63) is 114 Å². The molecule has 3 heterocycles. The van der Waals surface area contributed by atoms with Crippen LogP contribution in [0, 0.1) is 5.92 Å². The molecule has 2 aromatic heterocycles. The van der Waals surface area contributed by atoms with Gasteiger partial charge in [0.1, 0.15) is 0 Å². The van der Waals surface area contributed by atoms with Crippen LogP contribution in [0.2, 0.25) is 0 Å². The normalized spacial score (nSPS) is 14.1. The number of benzene rings is 3. The van der Waals surface area contributed by atoms with Gasteiger partial charge in [-0.1, -0.05) is 25.1 Å². The number of Topliss-reactive ketones (excluding diaryl/α,β-unsaturated/α-hetero) is 2. The van der Waals surface area contributed by atoms with Crippen LogP contribution in [0.4, 0.5) is 5.69 Å². The molecule has 6 heteroatoms. The Bertz CT molecular complexity index is 1590. The molecule has 1 N–H and O–H groups in total. The van der Waals surface area contributed by atoms with E-state index in [9.17, 15) is 9.59 Å². The maximum absolute atomic E-state index is 13.0. The van der Waals surface area contributed by atoms with E-state index in [1.807, 2.05) is 71.5 Å². The summed E-state index contributed by atoms with van der Waals surface area (Å²) in [5, 5.41) is 5.58. The summed E-state index contributed by atoms with van der Waals surface area (Å²) in [6, 6.07) is 25.7. The Morgan fingerprint density at radius 1 is 0.846 bits per heavy atom. The van der Waals surface area contributed by atoms with Gasteiger partial charge in [0.2, 0.25) is 0 Å². The molecule has 0 spiro atoms. The van der Waals surface area contributed by atoms with Crippen molar-refractivity contribution in [3.8, 4) is 5.69 Å². The molecule has 3 aromatic carbocycles. The highest BCUT2D eigenvalue weighted by Gasteiger charge is 2.17. The Hall–Kier alpha value is -4.45. The topological polar surface area (TPSA) is 71.0 Å². The molecule has 0 unspecified atom stereocenters. The molecule has 6 nitrogen and oxygen atoms in total. The van der Waals surface area contributed by atoms with Crippen molar-refractivity contribution < 1.29 is 9.59 Å². The first kappa shape index (κ1) is 24.9. The van der Waals surface area contributed by atoms with Crippen LogP contribution in [0.3, 0.4) is 0 Å². The van der Waals surface area contributed by atoms with E-state index in [-0.39, 0.29) is 11.6 Å². The number of aromatic amines is 1. The summed E-state index contributed by atoms with van der Waals surface area (Å²) >= 11 is 0. The number of ketones is 2. The second-order valence-electron chi connectivity index (χ2n) is 10.6. The van der Waals surface area contributed by atoms with Crippen molar-refractivity contribution in [3.63, 3.8) is 0 Å². The molecule has 6 rings (SSSR count). The van der Waals surface area contributed by atoms with Crippen LogP contribution in [-0.4, -0.2) is 39.4 Å². The Kier molecular flexibility index (Phi) is 6.84. The highest BCUT2D eigenvalue weighted by molar-refractivity contribution is 5.98. The van der Waals surface area contributed by atoms with Crippen molar-refractivity contribution in [2.45, 2.75) is 32.6 Å². The number of nitrogens with zero attached hydrogens (tertiary/aromatic N) is 3. The Morgan fingerprint density at radius 2 is 1.54 bits per heavy atom. The molecular formula is C33H32N4O2. The second kappa shape index (κ2) is 10.7. The summed E-state index contributed by atoms with van der Waals surface area (Å²) in [4.78, 5) is 30.8. The van der Waals surface area contributed by atoms with Gasteiger partial charge in [-0.25, -0.2) is 4.68 Å². The molecule has 196 valence electrons. The van der Waals surface area contributed by atoms with E-state index in [0.717, 1.165) is 52.3 Å². The lowest BCUT2D eigenvalue weighted by Crippen LogP contribution is -2.32. The van der Waals surface area contributed by atoms with Crippen LogP contribution in [0.25, 0.3) is 16.6 Å². The molecule has 1 aliphatic rings. The maximum Gasteiger partial charge on any atom is 0.183 e. The number of rotatable bonds is 8. The molecule has 1 aliphatic heterocycles. The number of nitrogens with one attached hydrogen (secondary N) is 1. The van der Waals surface area contributed by atoms with Crippen molar-refractivity contribution in [1.29, 1.82) is 0 Å². The first-order valence-corrected chi connectivity index (χ1v) is 13.6. The quantitative estimate of drug-likeness (QED) is 0.241. The zero-order valence-electron chi connectivity index (χ0n) is 22.1. The van der Waals surface area contributed by atoms with E-state index >= 15 is 0 Å². The largest absolute Gasteiger partial charge is 0.372 e. The summed E-state index contributed by atoms with van der Waals surface area (Å²) in [7, 11) is 0. The van der Waals surface area contributed by atoms with E-state index in [1.165, 1.54) is 18.5 Å². The zero-order chi connectivity index (χ0) is 26.8. The van der Waals surface area contributed by atoms with Crippen LogP contribution in [-0.2, 0) is 12.8 Å². The number of carbonyl (C=O) groups is 2. The van der Waals surface area contributed by atoms with Gasteiger partial charge in [0.05, 0.1) is 23.1 Å². The molecule has 1 saturated heterocycles. The van der Waals surface area contributed by atoms with E-state index in [1.54, 1.807) is 12.3 Å². The van der Waals surface area contributed by atoms with Gasteiger partial charge in [-0.15, -0.1) is 0 Å². The summed E-state index contributed by atoms with van der Waals surface area (Å²) in [5.74, 6) is 0.973. The van der Waals surface area contributed by atoms with Crippen molar-refractivity contribution in [2.24, 2.45) is 5.92 Å². The molecule has 1 fully saturated rings. The summed E-state index contributed by atoms with van der Waals surface area (Å²) in [6.07, 6.45) is 6.74. The highest BCUT2D eigenvalue weighted by atomic mass is 16.1. The van der Waals surface area contributed by atoms with Gasteiger partial charge in [0.25, 0.3) is 0 Å². The van der Waals surface area contributed by atoms with Crippen molar-refractivity contribution in [2.75, 3.05) is 18.0 Å². The molecule has 0 aliphatic carbocycles. The van der Waals surface area contributed by atoms with E-state index in [4.69, 9.17) is 0 Å². The average molecular weight is 517 g/mol. The minimum Gasteiger partial charge on any atom is -0.372 e. The maximum atomic E-state index is 13.0. The van der Waals surface area contributed by atoms with Crippen LogP contribution in [0.1, 0.15) is 51.7 Å². The first-order valence-electron chi connectivity index (χ1n) is 13.6. The van der Waals surface area contributed by atoms with Gasteiger partial charge < -0.3 is 9.88 Å². The SMILES string of the molecule is CC1CCN(c2ccc(C(=O)Cc3ccc4c(cnn4-c4ccc(CC(=O)c5ccc[nH]5)cc4)c3)cc2)CC1. The Balaban J connectivity index is 1.12. The van der Waals surface area contributed by atoms with Crippen LogP contribution >= 0.6 is 0 Å². The monoisotopic (exact) mass is 516 g/mol. The summed E-state index contributed by atoms with van der Waals surface area (Å²) < 4.78 is 1.89. The lowest BCUT2D eigenvalue weighted by Gasteiger charge is -2.32. The third kappa shape index (κ3) is 5.41. The van der Waals surface area contributed by atoms with Gasteiger partial charge >= 0.3 is 0 Å². The number of anilines is 1. The lowest BCUT2D eigenvalue weighted by molar-refractivity contribution is 0.0982. The van der Waals surface area contributed by atoms with E-state index in [0.29, 0.717) is 18.5 Å². The van der Waals surface area contributed by atoms with E-state index < -0.39 is 0 Å². The summed E-state index contributed by atoms with van der Waals surface area (Å²) in [5.41, 5.74) is 6.39. The zero-order valence-corrected chi connectivity index (χ0v) is 22.1. The fraction of sp³-hybridized carbons (Fsp3) is 0.242. The fourth-order valence-electron chi connectivity index (χ4n) is 5.35. The predicted octanol–water partition coefficient (Wildman–Crippen LogP) is 6.44. The number of piperidine rings is 1. The minimum atomic E-state index is 0.0620. The molecule has 0 saturated carbocycles. The van der Waals surface area contributed by atoms with Gasteiger partial charge in [-0.05, 0) is 90.6 Å². The summed E-state index contributed by atoms with van der Waals surface area (Å²) in [6.45, 7) is 4.48. The van der Waals surface area contributed by atoms with Crippen LogP contribution in [0.5, 0.6) is 0 Å². The molecule has 0 atom stereocenters. The highest BCUT2D eigenvalue weighted by Crippen LogP contribution is 2.25. The van der Waals surface area contributed by atoms with Gasteiger partial charge in [0.15, 0.2) is 11.6 Å². The number of aromatic nitrogens is 3. The molecule has 0 amide bonds. The number of hydrogen-bond donors (Lipinski definition) is 1. The van der Waals surface area contributed by atoms with Crippen molar-refractivity contribution >= 4 is 28.2 Å². The predicted molar refractivity (Wildman–Crippen MR) is 155 cm³/mol. The lowest BCUT2D eigenvalue weighted by atomic mass is 9.98. The van der Waals surface area contributed by atoms with Crippen LogP contribution < -0.4 is 4.90 Å². The fourth-order valence-corrected chi connectivity index (χ4v) is 5.35. The smallest absolute Gasteiger partial charge is 0.183 e. The number of hydrogen-bond acceptors (Lipinski definition) is 4. The molecular weight excluding hydrogens is 484 g/mol. The van der Waals surface area contributed by atoms with Gasteiger partial charge in [0, 0.05) is 48.8 Å². The number of fused-ring (bicyclic) bond motifs is 1. The molecule has 39 heavy (non-hydrogen) atoms. The number of carbonyl (C=O) groups excluding carboxylic acids is 2. The van der Waals surface area contributed by atoms with Crippen molar-refractivity contribution in [1.82, 2.24) is 14.8 Å².